The van der Waals surface area contributed by atoms with Gasteiger partial charge < -0.3 is 10.3 Å². The van der Waals surface area contributed by atoms with Crippen molar-refractivity contribution in [2.75, 3.05) is 5.73 Å². The number of benzene rings is 1. The van der Waals surface area contributed by atoms with Gasteiger partial charge in [-0.25, -0.2) is 4.98 Å². The summed E-state index contributed by atoms with van der Waals surface area (Å²) in [5.74, 6) is 1.38. The molecule has 0 spiro atoms. The molecule has 3 rings (SSSR count). The molecule has 0 unspecified atom stereocenters. The van der Waals surface area contributed by atoms with Crippen molar-refractivity contribution in [3.8, 4) is 0 Å². The highest BCUT2D eigenvalue weighted by molar-refractivity contribution is 5.35. The summed E-state index contributed by atoms with van der Waals surface area (Å²) < 4.78 is 2.07. The van der Waals surface area contributed by atoms with Crippen LogP contribution < -0.4 is 5.73 Å². The van der Waals surface area contributed by atoms with Crippen LogP contribution in [0.4, 0.5) is 5.95 Å². The smallest absolute Gasteiger partial charge is 0.200 e. The van der Waals surface area contributed by atoms with E-state index in [1.807, 2.05) is 13.1 Å². The van der Waals surface area contributed by atoms with Crippen molar-refractivity contribution >= 4 is 5.95 Å². The second kappa shape index (κ2) is 3.91. The van der Waals surface area contributed by atoms with Crippen LogP contribution in [0.2, 0.25) is 0 Å². The lowest BCUT2D eigenvalue weighted by Gasteiger charge is -2.11. The summed E-state index contributed by atoms with van der Waals surface area (Å²) in [5, 5.41) is 0. The van der Waals surface area contributed by atoms with Gasteiger partial charge in [-0.05, 0) is 36.8 Å². The third kappa shape index (κ3) is 1.93. The first-order chi connectivity index (χ1) is 8.25. The summed E-state index contributed by atoms with van der Waals surface area (Å²) in [5.41, 5.74) is 9.87. The molecule has 0 saturated heterocycles. The maximum Gasteiger partial charge on any atom is 0.200 e. The van der Waals surface area contributed by atoms with Crippen molar-refractivity contribution in [2.45, 2.75) is 32.2 Å². The Kier molecular flexibility index (Phi) is 2.39. The number of aryl methyl sites for hydroxylation is 1. The lowest BCUT2D eigenvalue weighted by molar-refractivity contribution is 0.772. The molecule has 1 heterocycles. The maximum absolute atomic E-state index is 5.88. The number of imidazole rings is 1. The number of anilines is 1. The molecule has 0 atom stereocenters. The molecule has 1 aliphatic rings. The zero-order valence-corrected chi connectivity index (χ0v) is 10.1. The van der Waals surface area contributed by atoms with Gasteiger partial charge in [0.05, 0.1) is 12.7 Å². The summed E-state index contributed by atoms with van der Waals surface area (Å²) in [6.07, 6.45) is 4.49. The van der Waals surface area contributed by atoms with Gasteiger partial charge in [-0.3, -0.25) is 0 Å². The fraction of sp³-hybridized carbons (Fsp3) is 0.357. The number of aromatic nitrogens is 2. The topological polar surface area (TPSA) is 43.8 Å². The molecule has 0 amide bonds. The van der Waals surface area contributed by atoms with E-state index in [9.17, 15) is 0 Å². The van der Waals surface area contributed by atoms with Gasteiger partial charge in [0.15, 0.2) is 0 Å². The predicted octanol–water partition coefficient (Wildman–Crippen LogP) is 2.70. The van der Waals surface area contributed by atoms with Crippen LogP contribution in [0.15, 0.2) is 30.5 Å². The summed E-state index contributed by atoms with van der Waals surface area (Å²) in [4.78, 5) is 4.14. The molecule has 1 saturated carbocycles. The fourth-order valence-corrected chi connectivity index (χ4v) is 2.33. The van der Waals surface area contributed by atoms with Crippen molar-refractivity contribution in [1.29, 1.82) is 0 Å². The average molecular weight is 227 g/mol. The number of nitrogens with zero attached hydrogens (tertiary/aromatic N) is 2. The zero-order chi connectivity index (χ0) is 11.8. The number of hydrogen-bond donors (Lipinski definition) is 1. The first-order valence-corrected chi connectivity index (χ1v) is 6.11. The molecule has 2 aromatic rings. The first-order valence-electron chi connectivity index (χ1n) is 6.11. The number of nitrogen functional groups attached to an aromatic ring is 1. The minimum absolute atomic E-state index is 0.605. The van der Waals surface area contributed by atoms with Gasteiger partial charge in [0.25, 0.3) is 0 Å². The largest absolute Gasteiger partial charge is 0.369 e. The average Bonchev–Trinajstić information content (AvgIpc) is 3.13. The third-order valence-electron chi connectivity index (χ3n) is 3.49. The van der Waals surface area contributed by atoms with Crippen LogP contribution >= 0.6 is 0 Å². The second-order valence-electron chi connectivity index (χ2n) is 4.82. The summed E-state index contributed by atoms with van der Waals surface area (Å²) >= 11 is 0. The highest BCUT2D eigenvalue weighted by Gasteiger charge is 2.25. The Labute approximate surface area is 101 Å². The Balaban J connectivity index is 1.95. The predicted molar refractivity (Wildman–Crippen MR) is 68.9 cm³/mol. The molecule has 1 aliphatic carbocycles. The van der Waals surface area contributed by atoms with Crippen LogP contribution in [-0.4, -0.2) is 9.55 Å². The molecule has 3 nitrogen and oxygen atoms in total. The second-order valence-corrected chi connectivity index (χ2v) is 4.82. The van der Waals surface area contributed by atoms with Gasteiger partial charge in [0, 0.05) is 5.69 Å². The Bertz CT molecular complexity index is 519. The molecule has 17 heavy (non-hydrogen) atoms. The SMILES string of the molecule is Cc1cnc(N)n1Cc1ccccc1C1CC1. The normalized spacial score (nSPS) is 15.1. The Hall–Kier alpha value is -1.77. The molecule has 0 radical (unpaired) electrons. The van der Waals surface area contributed by atoms with Gasteiger partial charge in [-0.1, -0.05) is 24.3 Å². The standard InChI is InChI=1S/C14H17N3/c1-10-8-16-14(15)17(10)9-12-4-2-3-5-13(12)11-6-7-11/h2-5,8,11H,6-7,9H2,1H3,(H2,15,16). The lowest BCUT2D eigenvalue weighted by Crippen LogP contribution is -2.07. The van der Waals surface area contributed by atoms with Crippen LogP contribution in [0, 0.1) is 6.92 Å². The fourth-order valence-electron chi connectivity index (χ4n) is 2.33. The van der Waals surface area contributed by atoms with E-state index in [4.69, 9.17) is 5.73 Å². The van der Waals surface area contributed by atoms with E-state index in [1.54, 1.807) is 0 Å². The summed E-state index contributed by atoms with van der Waals surface area (Å²) in [6, 6.07) is 8.67. The van der Waals surface area contributed by atoms with E-state index in [-0.39, 0.29) is 0 Å². The van der Waals surface area contributed by atoms with Gasteiger partial charge in [0.2, 0.25) is 5.95 Å². The van der Waals surface area contributed by atoms with E-state index in [0.717, 1.165) is 18.2 Å². The quantitative estimate of drug-likeness (QED) is 0.876. The highest BCUT2D eigenvalue weighted by atomic mass is 15.1. The molecule has 88 valence electrons. The Morgan fingerprint density at radius 1 is 1.35 bits per heavy atom. The van der Waals surface area contributed by atoms with Crippen molar-refractivity contribution in [2.24, 2.45) is 0 Å². The van der Waals surface area contributed by atoms with Crippen LogP contribution in [0.1, 0.15) is 35.6 Å². The van der Waals surface area contributed by atoms with E-state index < -0.39 is 0 Å². The summed E-state index contributed by atoms with van der Waals surface area (Å²) in [6.45, 7) is 2.88. The first kappa shape index (κ1) is 10.4. The number of nitrogens with two attached hydrogens (primary N) is 1. The minimum Gasteiger partial charge on any atom is -0.369 e. The Morgan fingerprint density at radius 2 is 2.12 bits per heavy atom. The van der Waals surface area contributed by atoms with E-state index >= 15 is 0 Å². The van der Waals surface area contributed by atoms with E-state index in [1.165, 1.54) is 24.0 Å². The molecule has 1 fully saturated rings. The van der Waals surface area contributed by atoms with Crippen LogP contribution in [-0.2, 0) is 6.54 Å². The molecule has 2 N–H and O–H groups in total. The van der Waals surface area contributed by atoms with Gasteiger partial charge in [0.1, 0.15) is 0 Å². The van der Waals surface area contributed by atoms with Gasteiger partial charge >= 0.3 is 0 Å². The molecule has 1 aromatic carbocycles. The lowest BCUT2D eigenvalue weighted by atomic mass is 10.0. The molecule has 0 bridgehead atoms. The monoisotopic (exact) mass is 227 g/mol. The van der Waals surface area contributed by atoms with Gasteiger partial charge in [-0.2, -0.15) is 0 Å². The summed E-state index contributed by atoms with van der Waals surface area (Å²) in [7, 11) is 0. The maximum atomic E-state index is 5.88. The van der Waals surface area contributed by atoms with Crippen LogP contribution in [0.25, 0.3) is 0 Å². The third-order valence-corrected chi connectivity index (χ3v) is 3.49. The van der Waals surface area contributed by atoms with E-state index in [2.05, 4.69) is 33.8 Å². The molecule has 1 aromatic heterocycles. The minimum atomic E-state index is 0.605. The zero-order valence-electron chi connectivity index (χ0n) is 10.1. The van der Waals surface area contributed by atoms with Crippen molar-refractivity contribution < 1.29 is 0 Å². The number of rotatable bonds is 3. The van der Waals surface area contributed by atoms with E-state index in [0.29, 0.717) is 5.95 Å². The van der Waals surface area contributed by atoms with Crippen LogP contribution in [0.5, 0.6) is 0 Å². The Morgan fingerprint density at radius 3 is 2.76 bits per heavy atom. The highest BCUT2D eigenvalue weighted by Crippen LogP contribution is 2.41. The molecular weight excluding hydrogens is 210 g/mol. The molecule has 0 aliphatic heterocycles. The molecule has 3 heteroatoms. The van der Waals surface area contributed by atoms with Crippen molar-refractivity contribution in [3.05, 3.63) is 47.3 Å². The number of hydrogen-bond acceptors (Lipinski definition) is 2. The van der Waals surface area contributed by atoms with Gasteiger partial charge in [-0.15, -0.1) is 0 Å². The van der Waals surface area contributed by atoms with Crippen molar-refractivity contribution in [3.63, 3.8) is 0 Å². The van der Waals surface area contributed by atoms with Crippen LogP contribution in [0.3, 0.4) is 0 Å². The van der Waals surface area contributed by atoms with Crippen molar-refractivity contribution in [1.82, 2.24) is 9.55 Å². The molecular formula is C14H17N3.